The second-order valence-electron chi connectivity index (χ2n) is 8.96. The number of nitrogens with one attached hydrogen (secondary N) is 2. The van der Waals surface area contributed by atoms with Gasteiger partial charge in [-0.25, -0.2) is 9.97 Å². The molecular weight excluding hydrogens is 460 g/mol. The molecule has 5 heterocycles. The molecule has 1 saturated heterocycles. The predicted octanol–water partition coefficient (Wildman–Crippen LogP) is 0.786. The van der Waals surface area contributed by atoms with Crippen molar-refractivity contribution in [3.8, 4) is 0 Å². The third-order valence-electron chi connectivity index (χ3n) is 6.55. The third kappa shape index (κ3) is 4.79. The first-order valence-corrected chi connectivity index (χ1v) is 12.2. The van der Waals surface area contributed by atoms with Crippen LogP contribution in [0.4, 0.5) is 0 Å². The van der Waals surface area contributed by atoms with Crippen molar-refractivity contribution in [2.75, 3.05) is 39.4 Å². The van der Waals surface area contributed by atoms with Gasteiger partial charge in [0.2, 0.25) is 0 Å². The molecule has 0 saturated carbocycles. The summed E-state index contributed by atoms with van der Waals surface area (Å²) < 4.78 is 10.5. The molecule has 5 rings (SSSR count). The summed E-state index contributed by atoms with van der Waals surface area (Å²) in [6.07, 6.45) is 7.70. The van der Waals surface area contributed by atoms with E-state index in [2.05, 4.69) is 15.2 Å². The van der Waals surface area contributed by atoms with Crippen molar-refractivity contribution in [2.45, 2.75) is 26.4 Å². The molecule has 1 aliphatic rings. The van der Waals surface area contributed by atoms with Gasteiger partial charge in [-0.15, -0.1) is 0 Å². The molecule has 4 aromatic heterocycles. The number of fused-ring (bicyclic) bond motifs is 2. The van der Waals surface area contributed by atoms with Crippen LogP contribution in [0, 0.1) is 12.3 Å². The summed E-state index contributed by atoms with van der Waals surface area (Å²) in [4.78, 5) is 37.7. The molecule has 0 radical (unpaired) electrons. The molecule has 0 unspecified atom stereocenters. The highest BCUT2D eigenvalue weighted by Gasteiger charge is 2.18. The Morgan fingerprint density at radius 2 is 2.00 bits per heavy atom. The first kappa shape index (κ1) is 23.9. The summed E-state index contributed by atoms with van der Waals surface area (Å²) in [6, 6.07) is 5.21. The van der Waals surface area contributed by atoms with Gasteiger partial charge in [-0.05, 0) is 31.0 Å². The number of hydrogen-bond acceptors (Lipinski definition) is 7. The lowest BCUT2D eigenvalue weighted by Crippen LogP contribution is -2.42. The van der Waals surface area contributed by atoms with Gasteiger partial charge in [-0.1, -0.05) is 6.07 Å². The smallest absolute Gasteiger partial charge is 0.267 e. The minimum Gasteiger partial charge on any atom is -0.379 e. The number of carbonyl (C=O) groups is 1. The quantitative estimate of drug-likeness (QED) is 0.352. The number of carbonyl (C=O) groups excluding carboxylic acids is 1. The fourth-order valence-corrected chi connectivity index (χ4v) is 4.57. The van der Waals surface area contributed by atoms with E-state index in [4.69, 9.17) is 15.1 Å². The Bertz CT molecular complexity index is 1500. The molecule has 1 amide bonds. The molecule has 2 N–H and O–H groups in total. The Morgan fingerprint density at radius 1 is 1.17 bits per heavy atom. The number of pyridine rings is 2. The fourth-order valence-electron chi connectivity index (χ4n) is 4.57. The minimum absolute atomic E-state index is 0.0434. The van der Waals surface area contributed by atoms with Crippen molar-refractivity contribution in [3.05, 3.63) is 70.1 Å². The molecule has 11 nitrogen and oxygen atoms in total. The largest absolute Gasteiger partial charge is 0.379 e. The molecule has 0 aromatic carbocycles. The molecule has 4 aromatic rings. The van der Waals surface area contributed by atoms with Crippen molar-refractivity contribution in [2.24, 2.45) is 0 Å². The Balaban J connectivity index is 1.50. The van der Waals surface area contributed by atoms with E-state index in [9.17, 15) is 9.59 Å². The van der Waals surface area contributed by atoms with Crippen molar-refractivity contribution in [3.63, 3.8) is 0 Å². The van der Waals surface area contributed by atoms with E-state index >= 15 is 0 Å². The Morgan fingerprint density at radius 3 is 2.78 bits per heavy atom. The SMILES string of the molecule is Cc1cccn2c(=O)c3cc(C(=O)NCCN4CCOCC4)c(=N)n(CCCn4ccnc4)c3nc12. The standard InChI is InChI=1S/C25H30N8O3/c1-18-4-2-8-33-22(18)29-23-20(25(33)35)16-19(24(34)28-6-11-30-12-14-36-15-13-30)21(26)32(23)9-3-7-31-10-5-27-17-31/h2,4-5,8,10,16-17,26H,3,6-7,9,11-15H2,1H3,(H,28,34). The maximum atomic E-state index is 13.4. The number of hydrogen-bond donors (Lipinski definition) is 2. The third-order valence-corrected chi connectivity index (χ3v) is 6.55. The van der Waals surface area contributed by atoms with Crippen molar-refractivity contribution in [1.29, 1.82) is 5.41 Å². The molecular formula is C25H30N8O3. The Labute approximate surface area is 207 Å². The molecule has 1 fully saturated rings. The second-order valence-corrected chi connectivity index (χ2v) is 8.96. The lowest BCUT2D eigenvalue weighted by Gasteiger charge is -2.26. The van der Waals surface area contributed by atoms with Gasteiger partial charge in [0.25, 0.3) is 11.5 Å². The average Bonchev–Trinajstić information content (AvgIpc) is 3.40. The highest BCUT2D eigenvalue weighted by molar-refractivity contribution is 5.96. The Kier molecular flexibility index (Phi) is 6.92. The van der Waals surface area contributed by atoms with Crippen LogP contribution in [0.2, 0.25) is 0 Å². The highest BCUT2D eigenvalue weighted by Crippen LogP contribution is 2.13. The molecule has 0 spiro atoms. The van der Waals surface area contributed by atoms with E-state index in [0.717, 1.165) is 18.7 Å². The lowest BCUT2D eigenvalue weighted by molar-refractivity contribution is 0.0383. The number of aromatic nitrogens is 5. The number of imidazole rings is 1. The first-order chi connectivity index (χ1) is 17.5. The molecule has 11 heteroatoms. The summed E-state index contributed by atoms with van der Waals surface area (Å²) in [5.74, 6) is -0.368. The zero-order valence-corrected chi connectivity index (χ0v) is 20.3. The predicted molar refractivity (Wildman–Crippen MR) is 134 cm³/mol. The lowest BCUT2D eigenvalue weighted by atomic mass is 10.2. The van der Waals surface area contributed by atoms with Gasteiger partial charge in [-0.3, -0.25) is 24.3 Å². The highest BCUT2D eigenvalue weighted by atomic mass is 16.5. The topological polar surface area (TPSA) is 123 Å². The van der Waals surface area contributed by atoms with Crippen LogP contribution in [0.1, 0.15) is 22.3 Å². The van der Waals surface area contributed by atoms with Crippen LogP contribution in [0.25, 0.3) is 16.7 Å². The summed E-state index contributed by atoms with van der Waals surface area (Å²) in [5.41, 5.74) is 1.76. The van der Waals surface area contributed by atoms with E-state index in [0.29, 0.717) is 62.5 Å². The van der Waals surface area contributed by atoms with Crippen molar-refractivity contribution in [1.82, 2.24) is 33.7 Å². The normalized spacial score (nSPS) is 14.5. The van der Waals surface area contributed by atoms with E-state index < -0.39 is 0 Å². The molecule has 0 bridgehead atoms. The van der Waals surface area contributed by atoms with Crippen LogP contribution in [-0.4, -0.2) is 73.7 Å². The molecule has 36 heavy (non-hydrogen) atoms. The Hall–Kier alpha value is -3.83. The van der Waals surface area contributed by atoms with Gasteiger partial charge >= 0.3 is 0 Å². The van der Waals surface area contributed by atoms with Crippen LogP contribution < -0.4 is 16.4 Å². The number of nitrogens with zero attached hydrogens (tertiary/aromatic N) is 6. The van der Waals surface area contributed by atoms with Crippen LogP contribution >= 0.6 is 0 Å². The number of ether oxygens (including phenoxy) is 1. The number of amides is 1. The molecule has 1 aliphatic heterocycles. The summed E-state index contributed by atoms with van der Waals surface area (Å²) in [6.45, 7) is 7.22. The maximum Gasteiger partial charge on any atom is 0.267 e. The maximum absolute atomic E-state index is 13.4. The fraction of sp³-hybridized carbons (Fsp3) is 0.400. The first-order valence-electron chi connectivity index (χ1n) is 12.2. The van der Waals surface area contributed by atoms with Crippen LogP contribution in [0.3, 0.4) is 0 Å². The summed E-state index contributed by atoms with van der Waals surface area (Å²) >= 11 is 0. The van der Waals surface area contributed by atoms with Gasteiger partial charge in [0.15, 0.2) is 0 Å². The zero-order valence-electron chi connectivity index (χ0n) is 20.3. The monoisotopic (exact) mass is 490 g/mol. The van der Waals surface area contributed by atoms with Crippen LogP contribution in [-0.2, 0) is 17.8 Å². The van der Waals surface area contributed by atoms with E-state index in [1.807, 2.05) is 23.8 Å². The minimum atomic E-state index is -0.368. The molecule has 0 atom stereocenters. The zero-order chi connectivity index (χ0) is 25.1. The van der Waals surface area contributed by atoms with Crippen LogP contribution in [0.5, 0.6) is 0 Å². The summed E-state index contributed by atoms with van der Waals surface area (Å²) in [5, 5.41) is 12.1. The number of rotatable bonds is 8. The number of aryl methyl sites for hydroxylation is 3. The van der Waals surface area contributed by atoms with Gasteiger partial charge in [-0.2, -0.15) is 0 Å². The number of morpholine rings is 1. The van der Waals surface area contributed by atoms with E-state index in [1.54, 1.807) is 29.4 Å². The molecule has 188 valence electrons. The van der Waals surface area contributed by atoms with E-state index in [1.165, 1.54) is 10.5 Å². The summed E-state index contributed by atoms with van der Waals surface area (Å²) in [7, 11) is 0. The second kappa shape index (κ2) is 10.4. The van der Waals surface area contributed by atoms with Crippen LogP contribution in [0.15, 0.2) is 47.9 Å². The van der Waals surface area contributed by atoms with Crippen molar-refractivity contribution >= 4 is 22.6 Å². The van der Waals surface area contributed by atoms with Gasteiger partial charge in [0.1, 0.15) is 16.8 Å². The molecule has 0 aliphatic carbocycles. The van der Waals surface area contributed by atoms with Gasteiger partial charge in [0.05, 0.1) is 30.5 Å². The van der Waals surface area contributed by atoms with E-state index in [-0.39, 0.29) is 22.5 Å². The van der Waals surface area contributed by atoms with Crippen molar-refractivity contribution < 1.29 is 9.53 Å². The average molecular weight is 491 g/mol. The van der Waals surface area contributed by atoms with Gasteiger partial charge in [0, 0.05) is 57.9 Å². The van der Waals surface area contributed by atoms with Gasteiger partial charge < -0.3 is 19.2 Å².